The molecule has 0 aromatic heterocycles. The number of nitrogens with zero attached hydrogens (tertiary/aromatic N) is 1. The first-order valence-corrected chi connectivity index (χ1v) is 9.95. The first-order valence-electron chi connectivity index (χ1n) is 6.90. The van der Waals surface area contributed by atoms with Gasteiger partial charge in [0.1, 0.15) is 16.9 Å². The Morgan fingerprint density at radius 2 is 1.65 bits per heavy atom. The zero-order valence-corrected chi connectivity index (χ0v) is 17.4. The fourth-order valence-corrected chi connectivity index (χ4v) is 3.06. The fourth-order valence-electron chi connectivity index (χ4n) is 1.90. The molecular formula is C15H18F3I2NO2. The molecular weight excluding hydrogens is 537 g/mol. The van der Waals surface area contributed by atoms with Crippen molar-refractivity contribution < 1.29 is 22.7 Å². The lowest BCUT2D eigenvalue weighted by Gasteiger charge is -2.25. The van der Waals surface area contributed by atoms with Gasteiger partial charge in [0.2, 0.25) is 0 Å². The van der Waals surface area contributed by atoms with E-state index in [1.165, 1.54) is 4.90 Å². The van der Waals surface area contributed by atoms with Crippen LogP contribution in [0.2, 0.25) is 0 Å². The third-order valence-corrected chi connectivity index (χ3v) is 3.74. The van der Waals surface area contributed by atoms with Crippen LogP contribution in [-0.2, 0) is 4.74 Å². The molecule has 0 bridgehead atoms. The molecule has 0 atom stereocenters. The molecule has 0 saturated carbocycles. The van der Waals surface area contributed by atoms with E-state index in [1.54, 1.807) is 20.8 Å². The molecule has 8 heteroatoms. The van der Waals surface area contributed by atoms with Gasteiger partial charge < -0.3 is 9.64 Å². The number of halogens is 5. The smallest absolute Gasteiger partial charge is 0.341 e. The Balaban J connectivity index is 3.30. The Hall–Kier alpha value is -0.260. The number of hydrogen-bond donors (Lipinski definition) is 0. The van der Waals surface area contributed by atoms with E-state index in [2.05, 4.69) is 45.2 Å². The van der Waals surface area contributed by atoms with Gasteiger partial charge in [0.15, 0.2) is 17.5 Å². The molecule has 0 heterocycles. The van der Waals surface area contributed by atoms with E-state index < -0.39 is 40.3 Å². The van der Waals surface area contributed by atoms with E-state index in [0.29, 0.717) is 28.0 Å². The summed E-state index contributed by atoms with van der Waals surface area (Å²) in [5, 5.41) is 0. The second-order valence-corrected chi connectivity index (χ2v) is 7.91. The Morgan fingerprint density at radius 3 is 2.09 bits per heavy atom. The molecule has 23 heavy (non-hydrogen) atoms. The monoisotopic (exact) mass is 555 g/mol. The highest BCUT2D eigenvalue weighted by molar-refractivity contribution is 14.1. The minimum atomic E-state index is -1.39. The maximum Gasteiger partial charge on any atom is 0.341 e. The van der Waals surface area contributed by atoms with E-state index >= 15 is 0 Å². The lowest BCUT2D eigenvalue weighted by Crippen LogP contribution is -2.30. The van der Waals surface area contributed by atoms with Crippen LogP contribution in [0, 0.1) is 17.5 Å². The Morgan fingerprint density at radius 1 is 1.13 bits per heavy atom. The summed E-state index contributed by atoms with van der Waals surface area (Å²) in [4.78, 5) is 13.3. The van der Waals surface area contributed by atoms with Gasteiger partial charge in [0.25, 0.3) is 0 Å². The summed E-state index contributed by atoms with van der Waals surface area (Å²) in [5.41, 5.74) is -2.06. The van der Waals surface area contributed by atoms with Crippen LogP contribution < -0.4 is 4.90 Å². The van der Waals surface area contributed by atoms with Crippen LogP contribution in [0.15, 0.2) is 6.07 Å². The Bertz CT molecular complexity index is 571. The van der Waals surface area contributed by atoms with Crippen molar-refractivity contribution in [3.63, 3.8) is 0 Å². The lowest BCUT2D eigenvalue weighted by atomic mass is 10.1. The van der Waals surface area contributed by atoms with Crippen LogP contribution in [-0.4, -0.2) is 33.5 Å². The van der Waals surface area contributed by atoms with Crippen LogP contribution in [0.1, 0.15) is 31.1 Å². The van der Waals surface area contributed by atoms with Crippen LogP contribution in [0.5, 0.6) is 0 Å². The summed E-state index contributed by atoms with van der Waals surface area (Å²) in [6, 6.07) is 0.704. The average Bonchev–Trinajstić information content (AvgIpc) is 2.41. The minimum Gasteiger partial charge on any atom is -0.456 e. The molecule has 1 aromatic rings. The number of hydrogen-bond acceptors (Lipinski definition) is 3. The Labute approximate surface area is 161 Å². The molecule has 0 radical (unpaired) electrons. The average molecular weight is 555 g/mol. The summed E-state index contributed by atoms with van der Waals surface area (Å²) < 4.78 is 49.1. The van der Waals surface area contributed by atoms with Gasteiger partial charge in [-0.25, -0.2) is 18.0 Å². The SMILES string of the molecule is CC(C)(C)OC(=O)c1cc(F)c(N(CCI)CCI)c(F)c1F. The van der Waals surface area contributed by atoms with E-state index in [1.807, 2.05) is 0 Å². The first-order chi connectivity index (χ1) is 10.6. The van der Waals surface area contributed by atoms with Crippen molar-refractivity contribution in [2.75, 3.05) is 26.8 Å². The summed E-state index contributed by atoms with van der Waals surface area (Å²) in [6.45, 7) is 5.52. The summed E-state index contributed by atoms with van der Waals surface area (Å²) in [5.74, 6) is -4.81. The normalized spacial score (nSPS) is 11.5. The molecule has 3 nitrogen and oxygen atoms in total. The first kappa shape index (κ1) is 20.8. The van der Waals surface area contributed by atoms with Gasteiger partial charge in [0.05, 0.1) is 0 Å². The van der Waals surface area contributed by atoms with Crippen molar-refractivity contribution in [1.82, 2.24) is 0 Å². The topological polar surface area (TPSA) is 29.5 Å². The molecule has 0 aliphatic rings. The van der Waals surface area contributed by atoms with E-state index in [-0.39, 0.29) is 0 Å². The summed E-state index contributed by atoms with van der Waals surface area (Å²) in [7, 11) is 0. The third kappa shape index (κ3) is 5.64. The summed E-state index contributed by atoms with van der Waals surface area (Å²) >= 11 is 4.15. The predicted molar refractivity (Wildman–Crippen MR) is 101 cm³/mol. The zero-order chi connectivity index (χ0) is 17.8. The maximum absolute atomic E-state index is 14.3. The number of ether oxygens (including phenoxy) is 1. The van der Waals surface area contributed by atoms with Crippen molar-refractivity contribution in [1.29, 1.82) is 0 Å². The van der Waals surface area contributed by atoms with Gasteiger partial charge >= 0.3 is 5.97 Å². The van der Waals surface area contributed by atoms with Crippen molar-refractivity contribution in [2.24, 2.45) is 0 Å². The molecule has 1 rings (SSSR count). The molecule has 0 unspecified atom stereocenters. The molecule has 130 valence electrons. The number of benzene rings is 1. The number of alkyl halides is 2. The van der Waals surface area contributed by atoms with Crippen molar-refractivity contribution in [3.8, 4) is 0 Å². The van der Waals surface area contributed by atoms with Gasteiger partial charge in [0, 0.05) is 21.9 Å². The highest BCUT2D eigenvalue weighted by atomic mass is 127. The number of carbonyl (C=O) groups is 1. The number of anilines is 1. The van der Waals surface area contributed by atoms with Crippen molar-refractivity contribution >= 4 is 56.8 Å². The largest absolute Gasteiger partial charge is 0.456 e. The zero-order valence-electron chi connectivity index (χ0n) is 13.1. The van der Waals surface area contributed by atoms with Gasteiger partial charge in [-0.05, 0) is 26.8 Å². The van der Waals surface area contributed by atoms with Crippen LogP contribution in [0.4, 0.5) is 18.9 Å². The minimum absolute atomic E-state index is 0.378. The number of carbonyl (C=O) groups excluding carboxylic acids is 1. The Kier molecular flexibility index (Phi) is 7.88. The molecule has 0 spiro atoms. The molecule has 0 N–H and O–H groups in total. The number of rotatable bonds is 6. The van der Waals surface area contributed by atoms with E-state index in [9.17, 15) is 18.0 Å². The molecule has 1 aromatic carbocycles. The molecule has 0 fully saturated rings. The predicted octanol–water partition coefficient (Wildman–Crippen LogP) is 4.74. The van der Waals surface area contributed by atoms with E-state index in [0.717, 1.165) is 0 Å². The summed E-state index contributed by atoms with van der Waals surface area (Å²) in [6.07, 6.45) is 0. The lowest BCUT2D eigenvalue weighted by molar-refractivity contribution is 0.00631. The van der Waals surface area contributed by atoms with Crippen molar-refractivity contribution in [2.45, 2.75) is 26.4 Å². The second kappa shape index (κ2) is 8.72. The van der Waals surface area contributed by atoms with Gasteiger partial charge in [-0.1, -0.05) is 45.2 Å². The van der Waals surface area contributed by atoms with Gasteiger partial charge in [-0.15, -0.1) is 0 Å². The van der Waals surface area contributed by atoms with Gasteiger partial charge in [-0.3, -0.25) is 0 Å². The standard InChI is InChI=1S/C15H18F3I2NO2/c1-15(2,3)23-14(22)9-8-10(16)13(12(18)11(9)17)21(6-4-19)7-5-20/h8H,4-7H2,1-3H3. The fraction of sp³-hybridized carbons (Fsp3) is 0.533. The molecule has 0 saturated heterocycles. The quantitative estimate of drug-likeness (QED) is 0.220. The molecule has 0 aliphatic carbocycles. The number of esters is 1. The van der Waals surface area contributed by atoms with Crippen molar-refractivity contribution in [3.05, 3.63) is 29.1 Å². The van der Waals surface area contributed by atoms with E-state index in [4.69, 9.17) is 4.74 Å². The van der Waals surface area contributed by atoms with Gasteiger partial charge in [-0.2, -0.15) is 0 Å². The van der Waals surface area contributed by atoms with Crippen LogP contribution in [0.25, 0.3) is 0 Å². The molecule has 0 amide bonds. The highest BCUT2D eigenvalue weighted by Gasteiger charge is 2.28. The molecule has 0 aliphatic heterocycles. The third-order valence-electron chi connectivity index (χ3n) is 2.78. The highest BCUT2D eigenvalue weighted by Crippen LogP contribution is 2.29. The maximum atomic E-state index is 14.3. The van der Waals surface area contributed by atoms with Crippen LogP contribution in [0.3, 0.4) is 0 Å². The van der Waals surface area contributed by atoms with Crippen LogP contribution >= 0.6 is 45.2 Å². The second-order valence-electron chi connectivity index (χ2n) is 5.75.